The van der Waals surface area contributed by atoms with E-state index < -0.39 is 11.5 Å². The zero-order chi connectivity index (χ0) is 20.3. The molecule has 0 unspecified atom stereocenters. The minimum atomic E-state index is -3.82. The van der Waals surface area contributed by atoms with Gasteiger partial charge in [0.15, 0.2) is 0 Å². The number of pyridine rings is 2. The van der Waals surface area contributed by atoms with Crippen LogP contribution in [0.15, 0.2) is 65.8 Å². The fourth-order valence-corrected chi connectivity index (χ4v) is 2.53. The zero-order valence-electron chi connectivity index (χ0n) is 14.5. The van der Waals surface area contributed by atoms with Crippen molar-refractivity contribution in [1.82, 2.24) is 9.55 Å². The van der Waals surface area contributed by atoms with Gasteiger partial charge in [-0.2, -0.15) is 0 Å². The second kappa shape index (κ2) is 7.77. The Morgan fingerprint density at radius 1 is 1.18 bits per heavy atom. The first kappa shape index (κ1) is 19.5. The van der Waals surface area contributed by atoms with Gasteiger partial charge in [-0.05, 0) is 48.9 Å². The first-order valence-corrected chi connectivity index (χ1v) is 8.41. The lowest BCUT2D eigenvalue weighted by Gasteiger charge is -2.12. The summed E-state index contributed by atoms with van der Waals surface area (Å²) in [7, 11) is 0. The van der Waals surface area contributed by atoms with Gasteiger partial charge in [0.05, 0.1) is 17.4 Å². The van der Waals surface area contributed by atoms with E-state index in [9.17, 15) is 18.4 Å². The highest BCUT2D eigenvalue weighted by atomic mass is 35.5. The van der Waals surface area contributed by atoms with Gasteiger partial charge in [0, 0.05) is 35.7 Å². The predicted octanol–water partition coefficient (Wildman–Crippen LogP) is 3.96. The van der Waals surface area contributed by atoms with Crippen LogP contribution in [-0.2, 0) is 0 Å². The Balaban J connectivity index is 1.80. The molecule has 0 aliphatic rings. The molecule has 0 fully saturated rings. The number of amides is 1. The maximum absolute atomic E-state index is 12.6. The topological polar surface area (TPSA) is 73.2 Å². The number of rotatable bonds is 5. The Bertz CT molecular complexity index is 1060. The molecule has 0 aliphatic carbocycles. The Morgan fingerprint density at radius 2 is 1.89 bits per heavy atom. The van der Waals surface area contributed by atoms with Crippen molar-refractivity contribution in [2.45, 2.75) is 12.5 Å². The van der Waals surface area contributed by atoms with Crippen LogP contribution in [-0.4, -0.2) is 21.0 Å². The molecule has 6 nitrogen and oxygen atoms in total. The average Bonchev–Trinajstić information content (AvgIpc) is 2.62. The van der Waals surface area contributed by atoms with E-state index in [0.717, 1.165) is 5.56 Å². The van der Waals surface area contributed by atoms with Crippen LogP contribution in [0.3, 0.4) is 0 Å². The summed E-state index contributed by atoms with van der Waals surface area (Å²) >= 11 is 4.70. The number of hydrogen-bond donors (Lipinski definition) is 1. The number of ether oxygens (including phenoxy) is 1. The van der Waals surface area contributed by atoms with E-state index in [0.29, 0.717) is 11.4 Å². The molecule has 2 aromatic heterocycles. The number of nitrogens with zero attached hydrogens (tertiary/aromatic N) is 2. The van der Waals surface area contributed by atoms with Gasteiger partial charge in [0.25, 0.3) is 11.5 Å². The van der Waals surface area contributed by atoms with Crippen LogP contribution in [0.2, 0.25) is 0 Å². The number of hydrogen-bond acceptors (Lipinski definition) is 4. The van der Waals surface area contributed by atoms with E-state index in [4.69, 9.17) is 11.6 Å². The van der Waals surface area contributed by atoms with Crippen molar-refractivity contribution >= 4 is 23.2 Å². The van der Waals surface area contributed by atoms with Crippen molar-refractivity contribution in [2.24, 2.45) is 0 Å². The van der Waals surface area contributed by atoms with Gasteiger partial charge >= 0.3 is 5.57 Å². The Labute approximate surface area is 163 Å². The number of carbonyl (C=O) groups is 1. The molecule has 144 valence electrons. The van der Waals surface area contributed by atoms with Crippen LogP contribution in [0.5, 0.6) is 5.75 Å². The lowest BCUT2D eigenvalue weighted by atomic mass is 10.2. The number of alkyl halides is 3. The van der Waals surface area contributed by atoms with Crippen molar-refractivity contribution in [1.29, 1.82) is 0 Å². The van der Waals surface area contributed by atoms with Crippen LogP contribution in [0.4, 0.5) is 14.5 Å². The summed E-state index contributed by atoms with van der Waals surface area (Å²) in [5.41, 5.74) is -2.15. The molecule has 1 amide bonds. The van der Waals surface area contributed by atoms with E-state index >= 15 is 0 Å². The van der Waals surface area contributed by atoms with Crippen LogP contribution in [0.25, 0.3) is 5.69 Å². The molecule has 0 saturated heterocycles. The third-order valence-corrected chi connectivity index (χ3v) is 3.73. The van der Waals surface area contributed by atoms with Crippen molar-refractivity contribution < 1.29 is 18.3 Å². The summed E-state index contributed by atoms with van der Waals surface area (Å²) in [5, 5.41) is 2.61. The SMILES string of the molecule is Cc1cncc(-n2cc(C(=O)Nc3ccc(OC(F)(F)Cl)cc3)ccc2=O)c1. The molecule has 28 heavy (non-hydrogen) atoms. The molecule has 0 atom stereocenters. The summed E-state index contributed by atoms with van der Waals surface area (Å²) < 4.78 is 30.8. The monoisotopic (exact) mass is 405 g/mol. The molecule has 3 aromatic rings. The molecule has 1 aromatic carbocycles. The molecule has 3 rings (SSSR count). The number of aromatic nitrogens is 2. The highest BCUT2D eigenvalue weighted by molar-refractivity contribution is 6.20. The summed E-state index contributed by atoms with van der Waals surface area (Å²) in [6.45, 7) is 1.84. The average molecular weight is 406 g/mol. The predicted molar refractivity (Wildman–Crippen MR) is 100 cm³/mol. The summed E-state index contributed by atoms with van der Waals surface area (Å²) in [6.07, 6.45) is 4.57. The quantitative estimate of drug-likeness (QED) is 0.652. The largest absolute Gasteiger partial charge is 0.487 e. The third kappa shape index (κ3) is 4.92. The molecular formula is C19H14ClF2N3O3. The van der Waals surface area contributed by atoms with E-state index in [1.165, 1.54) is 53.4 Å². The van der Waals surface area contributed by atoms with Crippen molar-refractivity contribution in [3.8, 4) is 11.4 Å². The Hall–Kier alpha value is -3.26. The van der Waals surface area contributed by atoms with Gasteiger partial charge in [-0.1, -0.05) is 0 Å². The second-order valence-electron chi connectivity index (χ2n) is 5.87. The smallest absolute Gasteiger partial charge is 0.420 e. The molecule has 0 spiro atoms. The van der Waals surface area contributed by atoms with Gasteiger partial charge < -0.3 is 10.1 Å². The number of carbonyl (C=O) groups excluding carboxylic acids is 1. The summed E-state index contributed by atoms with van der Waals surface area (Å²) in [6, 6.07) is 9.68. The van der Waals surface area contributed by atoms with Gasteiger partial charge in [0.1, 0.15) is 5.75 Å². The fourth-order valence-electron chi connectivity index (χ4n) is 2.44. The fraction of sp³-hybridized carbons (Fsp3) is 0.105. The van der Waals surface area contributed by atoms with E-state index in [-0.39, 0.29) is 16.9 Å². The minimum absolute atomic E-state index is 0.154. The van der Waals surface area contributed by atoms with E-state index in [1.54, 1.807) is 12.3 Å². The second-order valence-corrected chi connectivity index (χ2v) is 6.31. The van der Waals surface area contributed by atoms with Crippen molar-refractivity contribution in [3.05, 3.63) is 82.5 Å². The minimum Gasteiger partial charge on any atom is -0.420 e. The van der Waals surface area contributed by atoms with E-state index in [1.807, 2.05) is 6.92 Å². The number of halogens is 3. The molecular weight excluding hydrogens is 392 g/mol. The summed E-state index contributed by atoms with van der Waals surface area (Å²) in [4.78, 5) is 28.7. The Kier molecular flexibility index (Phi) is 5.41. The summed E-state index contributed by atoms with van der Waals surface area (Å²) in [5.74, 6) is -0.635. The van der Waals surface area contributed by atoms with Crippen LogP contribution < -0.4 is 15.6 Å². The van der Waals surface area contributed by atoms with Crippen LogP contribution in [0.1, 0.15) is 15.9 Å². The van der Waals surface area contributed by atoms with Crippen LogP contribution >= 0.6 is 11.6 Å². The first-order chi connectivity index (χ1) is 13.2. The number of benzene rings is 1. The van der Waals surface area contributed by atoms with Crippen LogP contribution in [0, 0.1) is 6.92 Å². The normalized spacial score (nSPS) is 11.1. The Morgan fingerprint density at radius 3 is 2.54 bits per heavy atom. The third-order valence-electron chi connectivity index (χ3n) is 3.66. The number of aryl methyl sites for hydroxylation is 1. The van der Waals surface area contributed by atoms with Gasteiger partial charge in [0.2, 0.25) is 0 Å². The van der Waals surface area contributed by atoms with E-state index in [2.05, 4.69) is 15.0 Å². The standard InChI is InChI=1S/C19H14ClF2N3O3/c1-12-8-15(10-23-9-12)25-11-13(2-7-17(25)26)18(27)24-14-3-5-16(6-4-14)28-19(20,21)22/h2-11H,1H3,(H,24,27). The van der Waals surface area contributed by atoms with Gasteiger partial charge in [-0.3, -0.25) is 19.1 Å². The molecule has 0 radical (unpaired) electrons. The highest BCUT2D eigenvalue weighted by Crippen LogP contribution is 2.26. The highest BCUT2D eigenvalue weighted by Gasteiger charge is 2.27. The molecule has 0 aliphatic heterocycles. The molecule has 2 heterocycles. The van der Waals surface area contributed by atoms with Crippen molar-refractivity contribution in [3.63, 3.8) is 0 Å². The lowest BCUT2D eigenvalue weighted by molar-refractivity contribution is -0.0964. The van der Waals surface area contributed by atoms with Gasteiger partial charge in [-0.15, -0.1) is 8.78 Å². The number of anilines is 1. The maximum atomic E-state index is 12.6. The molecule has 0 bridgehead atoms. The van der Waals surface area contributed by atoms with Gasteiger partial charge in [-0.25, -0.2) is 0 Å². The molecule has 9 heteroatoms. The molecule has 1 N–H and O–H groups in total. The maximum Gasteiger partial charge on any atom is 0.487 e. The first-order valence-electron chi connectivity index (χ1n) is 8.03. The number of nitrogens with one attached hydrogen (secondary N) is 1. The lowest BCUT2D eigenvalue weighted by Crippen LogP contribution is -2.21. The van der Waals surface area contributed by atoms with Crippen molar-refractivity contribution in [2.75, 3.05) is 5.32 Å². The zero-order valence-corrected chi connectivity index (χ0v) is 15.3. The molecule has 0 saturated carbocycles.